The van der Waals surface area contributed by atoms with E-state index in [4.69, 9.17) is 4.74 Å². The molecule has 0 aliphatic heterocycles. The third-order valence-corrected chi connectivity index (χ3v) is 3.64. The van der Waals surface area contributed by atoms with Gasteiger partial charge in [-0.2, -0.15) is 0 Å². The summed E-state index contributed by atoms with van der Waals surface area (Å²) in [7, 11) is 1.65. The van der Waals surface area contributed by atoms with Gasteiger partial charge in [-0.15, -0.1) is 0 Å². The Bertz CT molecular complexity index is 677. The van der Waals surface area contributed by atoms with Crippen molar-refractivity contribution in [2.45, 2.75) is 32.0 Å². The molecule has 1 saturated carbocycles. The van der Waals surface area contributed by atoms with Crippen molar-refractivity contribution < 1.29 is 4.74 Å². The lowest BCUT2D eigenvalue weighted by Gasteiger charge is -2.12. The second-order valence-corrected chi connectivity index (χ2v) is 5.33. The first kappa shape index (κ1) is 13.8. The number of benzene rings is 1. The normalized spacial score (nSPS) is 14.1. The summed E-state index contributed by atoms with van der Waals surface area (Å²) in [5.74, 6) is 0.793. The molecule has 0 unspecified atom stereocenters. The molecule has 1 aliphatic rings. The summed E-state index contributed by atoms with van der Waals surface area (Å²) in [5, 5.41) is 3.49. The molecule has 0 bridgehead atoms. The van der Waals surface area contributed by atoms with E-state index in [0.717, 1.165) is 17.9 Å². The number of nitrogens with zero attached hydrogens (tertiary/aromatic N) is 2. The van der Waals surface area contributed by atoms with Gasteiger partial charge in [-0.1, -0.05) is 6.07 Å². The number of hydrogen-bond acceptors (Lipinski definition) is 4. The highest BCUT2D eigenvalue weighted by Crippen LogP contribution is 2.22. The Kier molecular flexibility index (Phi) is 4.01. The fraction of sp³-hybridized carbons (Fsp3) is 0.375. The molecule has 1 fully saturated rings. The largest absolute Gasteiger partial charge is 0.496 e. The van der Waals surface area contributed by atoms with Crippen molar-refractivity contribution in [2.24, 2.45) is 0 Å². The lowest BCUT2D eigenvalue weighted by molar-refractivity contribution is 0.407. The van der Waals surface area contributed by atoms with Crippen LogP contribution in [0.2, 0.25) is 0 Å². The minimum atomic E-state index is -0.249. The van der Waals surface area contributed by atoms with Crippen LogP contribution in [0.15, 0.2) is 41.5 Å². The van der Waals surface area contributed by atoms with Gasteiger partial charge in [0.25, 0.3) is 0 Å². The smallest absolute Gasteiger partial charge is 0.347 e. The highest BCUT2D eigenvalue weighted by Gasteiger charge is 2.20. The number of aromatic nitrogens is 2. The van der Waals surface area contributed by atoms with Gasteiger partial charge in [0.05, 0.1) is 13.7 Å². The fourth-order valence-electron chi connectivity index (χ4n) is 2.31. The van der Waals surface area contributed by atoms with Crippen LogP contribution >= 0.6 is 0 Å². The van der Waals surface area contributed by atoms with Gasteiger partial charge in [0.2, 0.25) is 0 Å². The average Bonchev–Trinajstić information content (AvgIpc) is 3.32. The molecule has 1 aromatic carbocycles. The van der Waals surface area contributed by atoms with E-state index in [9.17, 15) is 4.79 Å². The van der Waals surface area contributed by atoms with Gasteiger partial charge in [0.1, 0.15) is 5.75 Å². The summed E-state index contributed by atoms with van der Waals surface area (Å²) in [6.07, 6.45) is 5.79. The minimum Gasteiger partial charge on any atom is -0.496 e. The molecule has 1 aromatic heterocycles. The zero-order valence-corrected chi connectivity index (χ0v) is 12.1. The first-order valence-electron chi connectivity index (χ1n) is 7.17. The van der Waals surface area contributed by atoms with Crippen molar-refractivity contribution in [2.75, 3.05) is 7.11 Å². The summed E-state index contributed by atoms with van der Waals surface area (Å²) in [5.41, 5.74) is 1.94. The van der Waals surface area contributed by atoms with Gasteiger partial charge in [-0.25, -0.2) is 9.78 Å². The quantitative estimate of drug-likeness (QED) is 0.875. The van der Waals surface area contributed by atoms with E-state index in [2.05, 4.69) is 22.4 Å². The van der Waals surface area contributed by atoms with Gasteiger partial charge in [0.15, 0.2) is 0 Å². The highest BCUT2D eigenvalue weighted by atomic mass is 16.5. The highest BCUT2D eigenvalue weighted by molar-refractivity contribution is 5.37. The lowest BCUT2D eigenvalue weighted by atomic mass is 10.1. The molecular weight excluding hydrogens is 266 g/mol. The van der Waals surface area contributed by atoms with Crippen molar-refractivity contribution in [1.29, 1.82) is 0 Å². The third kappa shape index (κ3) is 3.49. The second kappa shape index (κ2) is 6.10. The molecule has 3 rings (SSSR count). The zero-order chi connectivity index (χ0) is 14.7. The van der Waals surface area contributed by atoms with E-state index in [0.29, 0.717) is 12.6 Å². The van der Waals surface area contributed by atoms with Gasteiger partial charge in [-0.05, 0) is 36.6 Å². The number of hydrogen-bond donors (Lipinski definition) is 1. The molecular formula is C16H19N3O2. The van der Waals surface area contributed by atoms with E-state index in [1.54, 1.807) is 23.9 Å². The van der Waals surface area contributed by atoms with E-state index in [1.165, 1.54) is 24.6 Å². The maximum atomic E-state index is 11.7. The van der Waals surface area contributed by atoms with Gasteiger partial charge in [-0.3, -0.25) is 4.57 Å². The van der Waals surface area contributed by atoms with E-state index in [1.807, 2.05) is 6.07 Å². The minimum absolute atomic E-state index is 0.249. The molecule has 1 heterocycles. The molecule has 110 valence electrons. The standard InChI is InChI=1S/C16H19N3O2/c1-21-15-6-3-12(10-18-14-4-5-14)9-13(15)11-19-8-2-7-17-16(19)20/h2-3,6-9,14,18H,4-5,10-11H2,1H3. The van der Waals surface area contributed by atoms with Gasteiger partial charge >= 0.3 is 5.69 Å². The molecule has 21 heavy (non-hydrogen) atoms. The maximum absolute atomic E-state index is 11.7. The van der Waals surface area contributed by atoms with Crippen LogP contribution in [0, 0.1) is 0 Å². The molecule has 0 spiro atoms. The second-order valence-electron chi connectivity index (χ2n) is 5.33. The number of rotatable bonds is 6. The maximum Gasteiger partial charge on any atom is 0.347 e. The van der Waals surface area contributed by atoms with Crippen molar-refractivity contribution >= 4 is 0 Å². The molecule has 5 heteroatoms. The number of nitrogens with one attached hydrogen (secondary N) is 1. The van der Waals surface area contributed by atoms with E-state index < -0.39 is 0 Å². The van der Waals surface area contributed by atoms with Crippen LogP contribution in [0.25, 0.3) is 0 Å². The summed E-state index contributed by atoms with van der Waals surface area (Å²) >= 11 is 0. The summed E-state index contributed by atoms with van der Waals surface area (Å²) in [6.45, 7) is 1.32. The van der Waals surface area contributed by atoms with Gasteiger partial charge in [0, 0.05) is 30.5 Å². The first-order valence-corrected chi connectivity index (χ1v) is 7.17. The zero-order valence-electron chi connectivity index (χ0n) is 12.1. The molecule has 0 amide bonds. The Morgan fingerprint density at radius 3 is 3.00 bits per heavy atom. The fourth-order valence-corrected chi connectivity index (χ4v) is 2.31. The van der Waals surface area contributed by atoms with Crippen LogP contribution < -0.4 is 15.7 Å². The lowest BCUT2D eigenvalue weighted by Crippen LogP contribution is -2.22. The summed E-state index contributed by atoms with van der Waals surface area (Å²) < 4.78 is 6.97. The Labute approximate surface area is 123 Å². The molecule has 5 nitrogen and oxygen atoms in total. The van der Waals surface area contributed by atoms with Crippen molar-refractivity contribution in [3.63, 3.8) is 0 Å². The molecule has 2 aromatic rings. The molecule has 1 N–H and O–H groups in total. The molecule has 1 aliphatic carbocycles. The van der Waals surface area contributed by atoms with Gasteiger partial charge < -0.3 is 10.1 Å². The van der Waals surface area contributed by atoms with Crippen LogP contribution in [0.5, 0.6) is 5.75 Å². The molecule has 0 saturated heterocycles. The predicted octanol–water partition coefficient (Wildman–Crippen LogP) is 1.55. The molecule has 0 radical (unpaired) electrons. The monoisotopic (exact) mass is 285 g/mol. The SMILES string of the molecule is COc1ccc(CNC2CC2)cc1Cn1cccnc1=O. The van der Waals surface area contributed by atoms with E-state index in [-0.39, 0.29) is 5.69 Å². The van der Waals surface area contributed by atoms with Crippen molar-refractivity contribution in [3.8, 4) is 5.75 Å². The van der Waals surface area contributed by atoms with Crippen LogP contribution in [-0.2, 0) is 13.1 Å². The Morgan fingerprint density at radius 2 is 2.29 bits per heavy atom. The van der Waals surface area contributed by atoms with Crippen LogP contribution in [0.1, 0.15) is 24.0 Å². The molecule has 0 atom stereocenters. The van der Waals surface area contributed by atoms with Crippen LogP contribution in [-0.4, -0.2) is 22.7 Å². The Morgan fingerprint density at radius 1 is 1.43 bits per heavy atom. The average molecular weight is 285 g/mol. The Hall–Kier alpha value is -2.14. The van der Waals surface area contributed by atoms with E-state index >= 15 is 0 Å². The number of ether oxygens (including phenoxy) is 1. The topological polar surface area (TPSA) is 56.1 Å². The van der Waals surface area contributed by atoms with Crippen LogP contribution in [0.4, 0.5) is 0 Å². The summed E-state index contributed by atoms with van der Waals surface area (Å²) in [4.78, 5) is 15.5. The third-order valence-electron chi connectivity index (χ3n) is 3.64. The summed E-state index contributed by atoms with van der Waals surface area (Å²) in [6, 6.07) is 8.54. The Balaban J connectivity index is 1.82. The van der Waals surface area contributed by atoms with Crippen LogP contribution in [0.3, 0.4) is 0 Å². The van der Waals surface area contributed by atoms with Crippen molar-refractivity contribution in [3.05, 3.63) is 58.3 Å². The van der Waals surface area contributed by atoms with Crippen molar-refractivity contribution in [1.82, 2.24) is 14.9 Å². The first-order chi connectivity index (χ1) is 10.3. The number of methoxy groups -OCH3 is 1. The predicted molar refractivity (Wildman–Crippen MR) is 80.5 cm³/mol.